The molecule has 3 rings (SSSR count). The van der Waals surface area contributed by atoms with Crippen LogP contribution >= 0.6 is 23.2 Å². The predicted octanol–water partition coefficient (Wildman–Crippen LogP) is 6.22. The Morgan fingerprint density at radius 1 is 0.704 bits per heavy atom. The van der Waals surface area contributed by atoms with Crippen molar-refractivity contribution >= 4 is 23.2 Å². The maximum Gasteiger partial charge on any atom is 0.165 e. The molecule has 3 aromatic rings. The summed E-state index contributed by atoms with van der Waals surface area (Å²) in [6, 6.07) is 22.7. The van der Waals surface area contributed by atoms with E-state index in [0.717, 1.165) is 16.7 Å². The fourth-order valence-electron chi connectivity index (χ4n) is 2.60. The Bertz CT molecular complexity index is 967. The molecule has 27 heavy (non-hydrogen) atoms. The molecule has 0 fully saturated rings. The van der Waals surface area contributed by atoms with Crippen LogP contribution in [-0.4, -0.2) is 0 Å². The van der Waals surface area contributed by atoms with Gasteiger partial charge in [-0.05, 0) is 18.2 Å². The highest BCUT2D eigenvalue weighted by molar-refractivity contribution is 6.31. The van der Waals surface area contributed by atoms with E-state index in [0.29, 0.717) is 28.2 Å². The van der Waals surface area contributed by atoms with Crippen molar-refractivity contribution in [3.63, 3.8) is 0 Å². The fourth-order valence-corrected chi connectivity index (χ4v) is 2.98. The normalized spacial score (nSPS) is 10.3. The molecule has 0 radical (unpaired) electrons. The van der Waals surface area contributed by atoms with Gasteiger partial charge in [-0.1, -0.05) is 71.7 Å². The van der Waals surface area contributed by atoms with Crippen LogP contribution in [0.1, 0.15) is 16.7 Å². The van der Waals surface area contributed by atoms with Gasteiger partial charge in [0.2, 0.25) is 0 Å². The first-order chi connectivity index (χ1) is 13.2. The maximum atomic E-state index is 9.12. The van der Waals surface area contributed by atoms with Crippen molar-refractivity contribution in [1.82, 2.24) is 0 Å². The molecule has 0 unspecified atom stereocenters. The van der Waals surface area contributed by atoms with Crippen LogP contribution in [-0.2, 0) is 19.6 Å². The maximum absolute atomic E-state index is 9.12. The standard InChI is InChI=1S/C22H17Cl2NO2/c23-19-9-3-1-6-17(19)14-26-21-11-5-8-16(12-13-25)22(21)27-15-18-7-2-4-10-20(18)24/h1-11H,12,14-15H2. The molecule has 0 aliphatic carbocycles. The molecule has 0 aromatic heterocycles. The molecule has 0 aliphatic heterocycles. The fraction of sp³-hybridized carbons (Fsp3) is 0.136. The molecular weight excluding hydrogens is 381 g/mol. The second-order valence-electron chi connectivity index (χ2n) is 5.84. The summed E-state index contributed by atoms with van der Waals surface area (Å²) in [4.78, 5) is 0. The predicted molar refractivity (Wildman–Crippen MR) is 107 cm³/mol. The highest BCUT2D eigenvalue weighted by Crippen LogP contribution is 2.34. The molecule has 0 atom stereocenters. The topological polar surface area (TPSA) is 42.2 Å². The van der Waals surface area contributed by atoms with Crippen molar-refractivity contribution in [2.24, 2.45) is 0 Å². The van der Waals surface area contributed by atoms with Crippen molar-refractivity contribution in [3.05, 3.63) is 93.5 Å². The number of halogens is 2. The van der Waals surface area contributed by atoms with E-state index >= 15 is 0 Å². The van der Waals surface area contributed by atoms with Crippen molar-refractivity contribution in [3.8, 4) is 17.6 Å². The highest BCUT2D eigenvalue weighted by atomic mass is 35.5. The summed E-state index contributed by atoms with van der Waals surface area (Å²) >= 11 is 12.4. The number of ether oxygens (including phenoxy) is 2. The number of hydrogen-bond acceptors (Lipinski definition) is 3. The van der Waals surface area contributed by atoms with E-state index in [9.17, 15) is 0 Å². The Labute approximate surface area is 168 Å². The van der Waals surface area contributed by atoms with Crippen LogP contribution in [0.4, 0.5) is 0 Å². The van der Waals surface area contributed by atoms with Gasteiger partial charge in [-0.25, -0.2) is 0 Å². The molecule has 0 saturated carbocycles. The molecule has 0 heterocycles. The third-order valence-corrected chi connectivity index (χ3v) is 4.74. The lowest BCUT2D eigenvalue weighted by atomic mass is 10.1. The van der Waals surface area contributed by atoms with Gasteiger partial charge in [0.15, 0.2) is 11.5 Å². The van der Waals surface area contributed by atoms with Crippen LogP contribution in [0, 0.1) is 11.3 Å². The first-order valence-electron chi connectivity index (χ1n) is 8.40. The second-order valence-corrected chi connectivity index (χ2v) is 6.65. The van der Waals surface area contributed by atoms with Crippen LogP contribution in [0.25, 0.3) is 0 Å². The molecule has 3 nitrogen and oxygen atoms in total. The monoisotopic (exact) mass is 397 g/mol. The van der Waals surface area contributed by atoms with Crippen LogP contribution in [0.15, 0.2) is 66.7 Å². The van der Waals surface area contributed by atoms with Gasteiger partial charge in [-0.2, -0.15) is 5.26 Å². The summed E-state index contributed by atoms with van der Waals surface area (Å²) in [6.07, 6.45) is 0.223. The quantitative estimate of drug-likeness (QED) is 0.475. The lowest BCUT2D eigenvalue weighted by Crippen LogP contribution is -2.03. The van der Waals surface area contributed by atoms with E-state index in [1.165, 1.54) is 0 Å². The van der Waals surface area contributed by atoms with Crippen LogP contribution in [0.2, 0.25) is 10.0 Å². The average Bonchev–Trinajstić information content (AvgIpc) is 2.68. The Morgan fingerprint density at radius 2 is 1.26 bits per heavy atom. The molecule has 0 saturated heterocycles. The number of hydrogen-bond donors (Lipinski definition) is 0. The Hall–Kier alpha value is -2.67. The van der Waals surface area contributed by atoms with E-state index in [1.54, 1.807) is 0 Å². The van der Waals surface area contributed by atoms with E-state index in [4.69, 9.17) is 37.9 Å². The summed E-state index contributed by atoms with van der Waals surface area (Å²) in [5.74, 6) is 1.11. The Balaban J connectivity index is 1.83. The number of nitriles is 1. The minimum atomic E-state index is 0.223. The minimum Gasteiger partial charge on any atom is -0.485 e. The zero-order chi connectivity index (χ0) is 19.1. The third kappa shape index (κ3) is 4.95. The Morgan fingerprint density at radius 3 is 1.85 bits per heavy atom. The molecule has 0 bridgehead atoms. The number of rotatable bonds is 7. The zero-order valence-corrected chi connectivity index (χ0v) is 16.0. The number of nitrogens with zero attached hydrogens (tertiary/aromatic N) is 1. The van der Waals surface area contributed by atoms with Crippen LogP contribution in [0.5, 0.6) is 11.5 Å². The summed E-state index contributed by atoms with van der Waals surface area (Å²) < 4.78 is 12.0. The molecule has 0 spiro atoms. The van der Waals surface area contributed by atoms with Gasteiger partial charge in [-0.3, -0.25) is 0 Å². The van der Waals surface area contributed by atoms with E-state index in [1.807, 2.05) is 66.7 Å². The summed E-state index contributed by atoms with van der Waals surface area (Å²) in [5, 5.41) is 10.4. The summed E-state index contributed by atoms with van der Waals surface area (Å²) in [7, 11) is 0. The second kappa shape index (κ2) is 9.32. The first-order valence-corrected chi connectivity index (χ1v) is 9.16. The third-order valence-electron chi connectivity index (χ3n) is 4.00. The lowest BCUT2D eigenvalue weighted by Gasteiger charge is -2.16. The van der Waals surface area contributed by atoms with Crippen molar-refractivity contribution < 1.29 is 9.47 Å². The van der Waals surface area contributed by atoms with E-state index in [-0.39, 0.29) is 13.0 Å². The number of para-hydroxylation sites is 1. The van der Waals surface area contributed by atoms with Gasteiger partial charge < -0.3 is 9.47 Å². The molecule has 136 valence electrons. The molecule has 5 heteroatoms. The van der Waals surface area contributed by atoms with Crippen molar-refractivity contribution in [2.75, 3.05) is 0 Å². The lowest BCUT2D eigenvalue weighted by molar-refractivity contribution is 0.254. The first kappa shape index (κ1) is 19.1. The highest BCUT2D eigenvalue weighted by Gasteiger charge is 2.13. The van der Waals surface area contributed by atoms with Crippen LogP contribution < -0.4 is 9.47 Å². The van der Waals surface area contributed by atoms with Gasteiger partial charge in [0.1, 0.15) is 13.2 Å². The van der Waals surface area contributed by atoms with E-state index in [2.05, 4.69) is 6.07 Å². The molecule has 0 amide bonds. The van der Waals surface area contributed by atoms with Gasteiger partial charge in [0.25, 0.3) is 0 Å². The minimum absolute atomic E-state index is 0.223. The van der Waals surface area contributed by atoms with Gasteiger partial charge in [0, 0.05) is 26.7 Å². The molecule has 0 aliphatic rings. The molecule has 3 aromatic carbocycles. The zero-order valence-electron chi connectivity index (χ0n) is 14.5. The van der Waals surface area contributed by atoms with E-state index < -0.39 is 0 Å². The van der Waals surface area contributed by atoms with Gasteiger partial charge >= 0.3 is 0 Å². The Kier molecular flexibility index (Phi) is 6.59. The van der Waals surface area contributed by atoms with Gasteiger partial charge in [-0.15, -0.1) is 0 Å². The smallest absolute Gasteiger partial charge is 0.165 e. The summed E-state index contributed by atoms with van der Waals surface area (Å²) in [6.45, 7) is 0.586. The van der Waals surface area contributed by atoms with Crippen LogP contribution in [0.3, 0.4) is 0 Å². The van der Waals surface area contributed by atoms with Crippen molar-refractivity contribution in [2.45, 2.75) is 19.6 Å². The SMILES string of the molecule is N#CCc1cccc(OCc2ccccc2Cl)c1OCc1ccccc1Cl. The molecule has 0 N–H and O–H groups in total. The van der Waals surface area contributed by atoms with Crippen molar-refractivity contribution in [1.29, 1.82) is 5.26 Å². The average molecular weight is 398 g/mol. The molecular formula is C22H17Cl2NO2. The largest absolute Gasteiger partial charge is 0.485 e. The number of benzene rings is 3. The van der Waals surface area contributed by atoms with Gasteiger partial charge in [0.05, 0.1) is 12.5 Å². The summed E-state index contributed by atoms with van der Waals surface area (Å²) in [5.41, 5.74) is 2.51.